The van der Waals surface area contributed by atoms with Crippen LogP contribution in [-0.4, -0.2) is 36.1 Å². The fourth-order valence-electron chi connectivity index (χ4n) is 2.35. The second-order valence-corrected chi connectivity index (χ2v) is 5.06. The molecule has 0 unspecified atom stereocenters. The Kier molecular flexibility index (Phi) is 4.02. The zero-order chi connectivity index (χ0) is 11.4. The van der Waals surface area contributed by atoms with Crippen molar-refractivity contribution in [2.24, 2.45) is 13.0 Å². The predicted octanol–water partition coefficient (Wildman–Crippen LogP) is 1.46. The van der Waals surface area contributed by atoms with Gasteiger partial charge in [-0.15, -0.1) is 0 Å². The molecule has 1 aliphatic rings. The fourth-order valence-corrected chi connectivity index (χ4v) is 2.35. The first kappa shape index (κ1) is 11.7. The molecule has 2 heterocycles. The van der Waals surface area contributed by atoms with E-state index in [-0.39, 0.29) is 0 Å². The lowest BCUT2D eigenvalue weighted by Gasteiger charge is -2.29. The Bertz CT molecular complexity index is 311. The topological polar surface area (TPSA) is 20.2 Å². The highest BCUT2D eigenvalue weighted by Crippen LogP contribution is 2.14. The van der Waals surface area contributed by atoms with Gasteiger partial charge in [0.25, 0.3) is 0 Å². The average molecular weight is 221 g/mol. The largest absolute Gasteiger partial charge is 0.357 e. The summed E-state index contributed by atoms with van der Waals surface area (Å²) in [5.41, 5.74) is 1.38. The third kappa shape index (κ3) is 3.35. The van der Waals surface area contributed by atoms with Gasteiger partial charge in [0.15, 0.2) is 0 Å². The Morgan fingerprint density at radius 1 is 1.31 bits per heavy atom. The number of rotatable bonds is 4. The molecule has 0 aliphatic carbocycles. The van der Waals surface area contributed by atoms with Crippen LogP contribution in [0.2, 0.25) is 0 Å². The van der Waals surface area contributed by atoms with Gasteiger partial charge in [0.1, 0.15) is 0 Å². The molecule has 0 saturated carbocycles. The quantitative estimate of drug-likeness (QED) is 0.830. The van der Waals surface area contributed by atoms with Crippen LogP contribution >= 0.6 is 0 Å². The smallest absolute Gasteiger partial charge is 0.0220 e. The predicted molar refractivity (Wildman–Crippen MR) is 67.3 cm³/mol. The monoisotopic (exact) mass is 221 g/mol. The molecule has 3 nitrogen and oxygen atoms in total. The minimum absolute atomic E-state index is 0.875. The molecule has 0 amide bonds. The van der Waals surface area contributed by atoms with Gasteiger partial charge in [-0.25, -0.2) is 0 Å². The van der Waals surface area contributed by atoms with E-state index in [4.69, 9.17) is 0 Å². The number of hydrogen-bond acceptors (Lipinski definition) is 2. The lowest BCUT2D eigenvalue weighted by atomic mass is 9.97. The van der Waals surface area contributed by atoms with Crippen molar-refractivity contribution >= 4 is 0 Å². The highest BCUT2D eigenvalue weighted by atomic mass is 15.1. The number of likely N-dealkylation sites (tertiary alicyclic amines) is 1. The van der Waals surface area contributed by atoms with E-state index in [0.717, 1.165) is 12.5 Å². The molecule has 3 heteroatoms. The Labute approximate surface area is 98.4 Å². The first-order valence-electron chi connectivity index (χ1n) is 6.24. The standard InChI is InChI=1S/C13H23N3/c1-15-6-3-12(4-7-15)9-14-10-13-5-8-16(2)11-13/h5,8,11-12,14H,3-4,6-7,9-10H2,1-2H3. The van der Waals surface area contributed by atoms with Crippen molar-refractivity contribution in [3.05, 3.63) is 24.0 Å². The summed E-state index contributed by atoms with van der Waals surface area (Å²) in [6.07, 6.45) is 6.98. The van der Waals surface area contributed by atoms with Gasteiger partial charge in [-0.1, -0.05) is 0 Å². The Morgan fingerprint density at radius 2 is 2.06 bits per heavy atom. The molecule has 0 aromatic carbocycles. The van der Waals surface area contributed by atoms with Crippen molar-refractivity contribution in [1.82, 2.24) is 14.8 Å². The highest BCUT2D eigenvalue weighted by molar-refractivity contribution is 5.09. The van der Waals surface area contributed by atoms with Gasteiger partial charge in [0.05, 0.1) is 0 Å². The van der Waals surface area contributed by atoms with E-state index in [1.165, 1.54) is 38.0 Å². The summed E-state index contributed by atoms with van der Waals surface area (Å²) in [5.74, 6) is 0.875. The van der Waals surface area contributed by atoms with Crippen LogP contribution in [0.4, 0.5) is 0 Å². The molecule has 0 bridgehead atoms. The first-order valence-corrected chi connectivity index (χ1v) is 6.24. The van der Waals surface area contributed by atoms with Gasteiger partial charge < -0.3 is 14.8 Å². The fraction of sp³-hybridized carbons (Fsp3) is 0.692. The number of nitrogens with one attached hydrogen (secondary N) is 1. The van der Waals surface area contributed by atoms with Crippen LogP contribution < -0.4 is 5.32 Å². The molecule has 0 radical (unpaired) electrons. The van der Waals surface area contributed by atoms with Crippen LogP contribution in [0, 0.1) is 5.92 Å². The maximum atomic E-state index is 3.57. The van der Waals surface area contributed by atoms with Crippen molar-refractivity contribution in [3.8, 4) is 0 Å². The number of hydrogen-bond donors (Lipinski definition) is 1. The zero-order valence-corrected chi connectivity index (χ0v) is 10.4. The van der Waals surface area contributed by atoms with Crippen molar-refractivity contribution in [1.29, 1.82) is 0 Å². The highest BCUT2D eigenvalue weighted by Gasteiger charge is 2.15. The summed E-state index contributed by atoms with van der Waals surface area (Å²) in [6.45, 7) is 4.70. The number of piperidine rings is 1. The summed E-state index contributed by atoms with van der Waals surface area (Å²) in [5, 5.41) is 3.57. The van der Waals surface area contributed by atoms with E-state index in [9.17, 15) is 0 Å². The Hall–Kier alpha value is -0.800. The van der Waals surface area contributed by atoms with Gasteiger partial charge in [0, 0.05) is 26.0 Å². The molecule has 1 aromatic heterocycles. The van der Waals surface area contributed by atoms with Crippen LogP contribution in [0.1, 0.15) is 18.4 Å². The van der Waals surface area contributed by atoms with E-state index in [0.29, 0.717) is 0 Å². The van der Waals surface area contributed by atoms with Gasteiger partial charge in [-0.3, -0.25) is 0 Å². The second-order valence-electron chi connectivity index (χ2n) is 5.06. The number of aromatic nitrogens is 1. The van der Waals surface area contributed by atoms with Gasteiger partial charge in [-0.2, -0.15) is 0 Å². The van der Waals surface area contributed by atoms with E-state index >= 15 is 0 Å². The maximum absolute atomic E-state index is 3.57. The lowest BCUT2D eigenvalue weighted by Crippen LogP contribution is -2.34. The molecule has 90 valence electrons. The molecule has 1 N–H and O–H groups in total. The van der Waals surface area contributed by atoms with Crippen molar-refractivity contribution in [2.75, 3.05) is 26.7 Å². The Morgan fingerprint density at radius 3 is 2.69 bits per heavy atom. The van der Waals surface area contributed by atoms with Crippen molar-refractivity contribution in [3.63, 3.8) is 0 Å². The molecule has 1 aliphatic heterocycles. The van der Waals surface area contributed by atoms with E-state index in [1.54, 1.807) is 0 Å². The number of aryl methyl sites for hydroxylation is 1. The summed E-state index contributed by atoms with van der Waals surface area (Å²) in [4.78, 5) is 2.42. The average Bonchev–Trinajstić information content (AvgIpc) is 2.67. The van der Waals surface area contributed by atoms with Crippen LogP contribution in [0.5, 0.6) is 0 Å². The minimum atomic E-state index is 0.875. The summed E-state index contributed by atoms with van der Waals surface area (Å²) < 4.78 is 2.10. The molecule has 1 saturated heterocycles. The minimum Gasteiger partial charge on any atom is -0.357 e. The van der Waals surface area contributed by atoms with Gasteiger partial charge >= 0.3 is 0 Å². The SMILES string of the molecule is CN1CCC(CNCc2ccn(C)c2)CC1. The van der Waals surface area contributed by atoms with E-state index < -0.39 is 0 Å². The molecule has 16 heavy (non-hydrogen) atoms. The molecular weight excluding hydrogens is 198 g/mol. The molecular formula is C13H23N3. The molecule has 1 fully saturated rings. The van der Waals surface area contributed by atoms with Crippen LogP contribution in [0.25, 0.3) is 0 Å². The molecule has 1 aromatic rings. The van der Waals surface area contributed by atoms with Crippen molar-refractivity contribution < 1.29 is 0 Å². The van der Waals surface area contributed by atoms with Crippen LogP contribution in [0.3, 0.4) is 0 Å². The van der Waals surface area contributed by atoms with Gasteiger partial charge in [-0.05, 0) is 57.1 Å². The summed E-state index contributed by atoms with van der Waals surface area (Å²) >= 11 is 0. The van der Waals surface area contributed by atoms with Crippen LogP contribution in [-0.2, 0) is 13.6 Å². The van der Waals surface area contributed by atoms with E-state index in [1.807, 2.05) is 0 Å². The number of nitrogens with zero attached hydrogens (tertiary/aromatic N) is 2. The Balaban J connectivity index is 1.64. The third-order valence-electron chi connectivity index (χ3n) is 3.49. The summed E-state index contributed by atoms with van der Waals surface area (Å²) in [6, 6.07) is 2.18. The van der Waals surface area contributed by atoms with E-state index in [2.05, 4.69) is 47.3 Å². The van der Waals surface area contributed by atoms with Crippen molar-refractivity contribution in [2.45, 2.75) is 19.4 Å². The first-order chi connectivity index (χ1) is 7.74. The third-order valence-corrected chi connectivity index (χ3v) is 3.49. The lowest BCUT2D eigenvalue weighted by molar-refractivity contribution is 0.216. The van der Waals surface area contributed by atoms with Gasteiger partial charge in [0.2, 0.25) is 0 Å². The molecule has 0 atom stereocenters. The molecule has 0 spiro atoms. The zero-order valence-electron chi connectivity index (χ0n) is 10.4. The summed E-state index contributed by atoms with van der Waals surface area (Å²) in [7, 11) is 4.29. The maximum Gasteiger partial charge on any atom is 0.0220 e. The normalized spacial score (nSPS) is 19.1. The van der Waals surface area contributed by atoms with Crippen LogP contribution in [0.15, 0.2) is 18.5 Å². The second kappa shape index (κ2) is 5.51. The molecule has 2 rings (SSSR count).